The van der Waals surface area contributed by atoms with Gasteiger partial charge in [-0.1, -0.05) is 12.1 Å². The Morgan fingerprint density at radius 1 is 1.00 bits per heavy atom. The van der Waals surface area contributed by atoms with Crippen LogP contribution in [0.2, 0.25) is 0 Å². The second-order valence-corrected chi connectivity index (χ2v) is 6.61. The van der Waals surface area contributed by atoms with E-state index < -0.39 is 5.97 Å². The van der Waals surface area contributed by atoms with Crippen LogP contribution in [0.5, 0.6) is 11.5 Å². The van der Waals surface area contributed by atoms with E-state index in [1.54, 1.807) is 18.2 Å². The maximum atomic E-state index is 12.5. The SMILES string of the molecule is Cc1cc(C)c(C(=O)COC(=O)/C=C/c2ccc3c(c2)OCO3)c(C)c1C. The standard InChI is InChI=1S/C22H22O5/c1-13-9-14(2)22(16(4)15(13)3)18(23)11-25-21(24)8-6-17-5-7-19-20(10-17)27-12-26-19/h5-10H,11-12H2,1-4H3/b8-6+. The van der Waals surface area contributed by atoms with Gasteiger partial charge in [0.05, 0.1) is 0 Å². The van der Waals surface area contributed by atoms with Crippen LogP contribution in [0.15, 0.2) is 30.3 Å². The topological polar surface area (TPSA) is 61.8 Å². The van der Waals surface area contributed by atoms with Crippen molar-refractivity contribution in [2.45, 2.75) is 27.7 Å². The Kier molecular flexibility index (Phi) is 5.31. The Bertz CT molecular complexity index is 940. The van der Waals surface area contributed by atoms with E-state index in [1.165, 1.54) is 6.08 Å². The Morgan fingerprint density at radius 3 is 2.52 bits per heavy atom. The third-order valence-electron chi connectivity index (χ3n) is 4.79. The number of esters is 1. The molecule has 5 nitrogen and oxygen atoms in total. The minimum Gasteiger partial charge on any atom is -0.454 e. The third-order valence-corrected chi connectivity index (χ3v) is 4.79. The summed E-state index contributed by atoms with van der Waals surface area (Å²) >= 11 is 0. The van der Waals surface area contributed by atoms with E-state index in [-0.39, 0.29) is 19.2 Å². The van der Waals surface area contributed by atoms with Gasteiger partial charge in [-0.3, -0.25) is 4.79 Å². The summed E-state index contributed by atoms with van der Waals surface area (Å²) in [5.41, 5.74) is 5.47. The number of ketones is 1. The van der Waals surface area contributed by atoms with Crippen LogP contribution in [0.25, 0.3) is 6.08 Å². The second-order valence-electron chi connectivity index (χ2n) is 6.61. The molecule has 0 atom stereocenters. The number of hydrogen-bond donors (Lipinski definition) is 0. The molecule has 0 saturated carbocycles. The van der Waals surface area contributed by atoms with Crippen LogP contribution in [0.3, 0.4) is 0 Å². The first-order chi connectivity index (χ1) is 12.9. The number of aryl methyl sites for hydroxylation is 2. The fourth-order valence-electron chi connectivity index (χ4n) is 3.15. The van der Waals surface area contributed by atoms with Crippen molar-refractivity contribution in [3.8, 4) is 11.5 Å². The highest BCUT2D eigenvalue weighted by Gasteiger charge is 2.17. The molecule has 1 aliphatic rings. The molecule has 3 rings (SSSR count). The van der Waals surface area contributed by atoms with Gasteiger partial charge in [0.2, 0.25) is 12.6 Å². The van der Waals surface area contributed by atoms with Crippen molar-refractivity contribution >= 4 is 17.8 Å². The Morgan fingerprint density at radius 2 is 1.74 bits per heavy atom. The van der Waals surface area contributed by atoms with Crippen molar-refractivity contribution in [2.24, 2.45) is 0 Å². The summed E-state index contributed by atoms with van der Waals surface area (Å²) in [6, 6.07) is 7.35. The molecule has 1 heterocycles. The first-order valence-corrected chi connectivity index (χ1v) is 8.72. The maximum Gasteiger partial charge on any atom is 0.331 e. The summed E-state index contributed by atoms with van der Waals surface area (Å²) in [6.07, 6.45) is 2.91. The number of benzene rings is 2. The first-order valence-electron chi connectivity index (χ1n) is 8.72. The summed E-state index contributed by atoms with van der Waals surface area (Å²) in [4.78, 5) is 24.5. The van der Waals surface area contributed by atoms with E-state index in [1.807, 2.05) is 39.8 Å². The first kappa shape index (κ1) is 18.7. The molecule has 0 aromatic heterocycles. The van der Waals surface area contributed by atoms with Crippen molar-refractivity contribution in [3.05, 3.63) is 63.7 Å². The van der Waals surface area contributed by atoms with E-state index in [9.17, 15) is 9.59 Å². The molecule has 0 fully saturated rings. The summed E-state index contributed by atoms with van der Waals surface area (Å²) in [5.74, 6) is 0.555. The second kappa shape index (κ2) is 7.66. The molecular weight excluding hydrogens is 344 g/mol. The van der Waals surface area contributed by atoms with E-state index in [0.717, 1.165) is 27.8 Å². The van der Waals surface area contributed by atoms with Crippen LogP contribution in [-0.2, 0) is 9.53 Å². The Balaban J connectivity index is 1.62. The molecule has 0 aliphatic carbocycles. The van der Waals surface area contributed by atoms with Crippen LogP contribution in [0, 0.1) is 27.7 Å². The molecule has 2 aromatic rings. The van der Waals surface area contributed by atoms with Gasteiger partial charge in [0, 0.05) is 11.6 Å². The number of carbonyl (C=O) groups excluding carboxylic acids is 2. The zero-order valence-corrected chi connectivity index (χ0v) is 15.9. The molecule has 140 valence electrons. The number of carbonyl (C=O) groups is 2. The average Bonchev–Trinajstić information content (AvgIpc) is 3.10. The summed E-state index contributed by atoms with van der Waals surface area (Å²) in [5, 5.41) is 0. The summed E-state index contributed by atoms with van der Waals surface area (Å²) in [6.45, 7) is 7.74. The third kappa shape index (κ3) is 4.03. The zero-order valence-electron chi connectivity index (χ0n) is 15.9. The van der Waals surface area contributed by atoms with E-state index >= 15 is 0 Å². The number of fused-ring (bicyclic) bond motifs is 1. The van der Waals surface area contributed by atoms with Crippen molar-refractivity contribution < 1.29 is 23.8 Å². The minimum absolute atomic E-state index is 0.196. The fourth-order valence-corrected chi connectivity index (χ4v) is 3.15. The molecule has 1 aliphatic heterocycles. The van der Waals surface area contributed by atoms with E-state index in [2.05, 4.69) is 0 Å². The lowest BCUT2D eigenvalue weighted by Gasteiger charge is -2.14. The van der Waals surface area contributed by atoms with Crippen LogP contribution in [0.1, 0.15) is 38.2 Å². The van der Waals surface area contributed by atoms with E-state index in [0.29, 0.717) is 17.1 Å². The van der Waals surface area contributed by atoms with Gasteiger partial charge in [0.15, 0.2) is 18.1 Å². The van der Waals surface area contributed by atoms with Gasteiger partial charge in [-0.05, 0) is 73.7 Å². The number of hydrogen-bond acceptors (Lipinski definition) is 5. The lowest BCUT2D eigenvalue weighted by molar-refractivity contribution is -0.136. The average molecular weight is 366 g/mol. The largest absolute Gasteiger partial charge is 0.454 e. The highest BCUT2D eigenvalue weighted by Crippen LogP contribution is 2.32. The predicted octanol–water partition coefficient (Wildman–Crippen LogP) is 4.09. The quantitative estimate of drug-likeness (QED) is 0.453. The molecule has 2 aromatic carbocycles. The number of rotatable bonds is 5. The van der Waals surface area contributed by atoms with E-state index in [4.69, 9.17) is 14.2 Å². The van der Waals surface area contributed by atoms with Gasteiger partial charge in [-0.15, -0.1) is 0 Å². The molecule has 0 saturated heterocycles. The highest BCUT2D eigenvalue weighted by molar-refractivity contribution is 6.01. The molecule has 0 amide bonds. The van der Waals surface area contributed by atoms with Gasteiger partial charge >= 0.3 is 5.97 Å². The van der Waals surface area contributed by atoms with Gasteiger partial charge in [-0.25, -0.2) is 4.79 Å². The van der Waals surface area contributed by atoms with Gasteiger partial charge in [0.25, 0.3) is 0 Å². The van der Waals surface area contributed by atoms with Crippen LogP contribution < -0.4 is 9.47 Å². The molecular formula is C22H22O5. The van der Waals surface area contributed by atoms with Crippen LogP contribution in [-0.4, -0.2) is 25.2 Å². The van der Waals surface area contributed by atoms with Gasteiger partial charge in [0.1, 0.15) is 0 Å². The lowest BCUT2D eigenvalue weighted by Crippen LogP contribution is -2.16. The smallest absolute Gasteiger partial charge is 0.331 e. The fraction of sp³-hybridized carbons (Fsp3) is 0.273. The molecule has 0 N–H and O–H groups in total. The minimum atomic E-state index is -0.569. The molecule has 5 heteroatoms. The Labute approximate surface area is 158 Å². The molecule has 0 radical (unpaired) electrons. The summed E-state index contributed by atoms with van der Waals surface area (Å²) in [7, 11) is 0. The normalized spacial score (nSPS) is 12.4. The lowest BCUT2D eigenvalue weighted by atomic mass is 9.92. The highest BCUT2D eigenvalue weighted by atomic mass is 16.7. The molecule has 27 heavy (non-hydrogen) atoms. The molecule has 0 spiro atoms. The number of ether oxygens (including phenoxy) is 3. The monoisotopic (exact) mass is 366 g/mol. The van der Waals surface area contributed by atoms with Crippen molar-refractivity contribution in [3.63, 3.8) is 0 Å². The maximum absolute atomic E-state index is 12.5. The molecule has 0 unspecified atom stereocenters. The van der Waals surface area contributed by atoms with Crippen LogP contribution >= 0.6 is 0 Å². The van der Waals surface area contributed by atoms with Crippen molar-refractivity contribution in [2.75, 3.05) is 13.4 Å². The Hall–Kier alpha value is -3.08. The number of Topliss-reactive ketones (excluding diaryl/α,β-unsaturated/α-hetero) is 1. The van der Waals surface area contributed by atoms with Gasteiger partial charge in [-0.2, -0.15) is 0 Å². The van der Waals surface area contributed by atoms with Crippen molar-refractivity contribution in [1.82, 2.24) is 0 Å². The van der Waals surface area contributed by atoms with Gasteiger partial charge < -0.3 is 14.2 Å². The van der Waals surface area contributed by atoms with Crippen molar-refractivity contribution in [1.29, 1.82) is 0 Å². The van der Waals surface area contributed by atoms with Crippen LogP contribution in [0.4, 0.5) is 0 Å². The summed E-state index contributed by atoms with van der Waals surface area (Å²) < 4.78 is 15.7. The zero-order chi connectivity index (χ0) is 19.6. The predicted molar refractivity (Wildman–Crippen MR) is 102 cm³/mol. The molecule has 0 bridgehead atoms.